The van der Waals surface area contributed by atoms with Gasteiger partial charge in [0.1, 0.15) is 0 Å². The van der Waals surface area contributed by atoms with Gasteiger partial charge in [-0.2, -0.15) is 0 Å². The predicted octanol–water partition coefficient (Wildman–Crippen LogP) is 4.42. The van der Waals surface area contributed by atoms with E-state index in [1.165, 1.54) is 16.8 Å². The van der Waals surface area contributed by atoms with Crippen LogP contribution in [0.4, 0.5) is 5.69 Å². The average Bonchev–Trinajstić information content (AvgIpc) is 2.91. The van der Waals surface area contributed by atoms with Crippen LogP contribution in [0.1, 0.15) is 47.2 Å². The number of aryl methyl sites for hydroxylation is 1. The topological polar surface area (TPSA) is 29.1 Å². The molecule has 1 N–H and O–H groups in total. The van der Waals surface area contributed by atoms with Crippen molar-refractivity contribution in [3.63, 3.8) is 0 Å². The molecule has 3 rings (SSSR count). The number of hydrogen-bond acceptors (Lipinski definition) is 2. The van der Waals surface area contributed by atoms with Crippen LogP contribution in [0, 0.1) is 0 Å². The number of fused-ring (bicyclic) bond motifs is 1. The fourth-order valence-electron chi connectivity index (χ4n) is 3.07. The van der Waals surface area contributed by atoms with E-state index in [0.717, 1.165) is 24.9 Å². The summed E-state index contributed by atoms with van der Waals surface area (Å²) in [6, 6.07) is 16.4. The molecule has 0 amide bonds. The van der Waals surface area contributed by atoms with Crippen LogP contribution in [0.2, 0.25) is 0 Å². The second-order valence-electron chi connectivity index (χ2n) is 5.74. The van der Waals surface area contributed by atoms with E-state index in [9.17, 15) is 4.79 Å². The Kier molecular flexibility index (Phi) is 4.05. The fraction of sp³-hybridized carbons (Fsp3) is 0.316. The molecule has 2 heteroatoms. The van der Waals surface area contributed by atoms with E-state index in [2.05, 4.69) is 36.5 Å². The Morgan fingerprint density at radius 3 is 2.90 bits per heavy atom. The minimum Gasteiger partial charge on any atom is -0.384 e. The molecule has 1 atom stereocenters. The van der Waals surface area contributed by atoms with Crippen LogP contribution in [0.25, 0.3) is 0 Å². The Balaban J connectivity index is 1.74. The Morgan fingerprint density at radius 2 is 2.05 bits per heavy atom. The molecule has 0 aromatic heterocycles. The average molecular weight is 279 g/mol. The maximum absolute atomic E-state index is 12.5. The van der Waals surface area contributed by atoms with Gasteiger partial charge in [-0.15, -0.1) is 0 Å². The fourth-order valence-corrected chi connectivity index (χ4v) is 3.07. The van der Waals surface area contributed by atoms with Crippen molar-refractivity contribution in [2.45, 2.75) is 32.1 Å². The molecule has 2 aromatic carbocycles. The highest BCUT2D eigenvalue weighted by Crippen LogP contribution is 2.34. The molecule has 1 heterocycles. The maximum atomic E-state index is 12.5. The third kappa shape index (κ3) is 2.99. The smallest absolute Gasteiger partial charge is 0.163 e. The highest BCUT2D eigenvalue weighted by molar-refractivity contribution is 5.97. The minimum atomic E-state index is 0.247. The predicted molar refractivity (Wildman–Crippen MR) is 87.1 cm³/mol. The normalized spacial score (nSPS) is 16.3. The summed E-state index contributed by atoms with van der Waals surface area (Å²) in [7, 11) is 0. The molecule has 2 aromatic rings. The quantitative estimate of drug-likeness (QED) is 0.821. The highest BCUT2D eigenvalue weighted by Gasteiger charge is 2.24. The number of carbonyl (C=O) groups excluding carboxylic acids is 1. The summed E-state index contributed by atoms with van der Waals surface area (Å²) in [4.78, 5) is 12.5. The Labute approximate surface area is 126 Å². The van der Waals surface area contributed by atoms with E-state index in [4.69, 9.17) is 0 Å². The van der Waals surface area contributed by atoms with Crippen LogP contribution in [0.5, 0.6) is 0 Å². The van der Waals surface area contributed by atoms with Gasteiger partial charge in [0, 0.05) is 30.1 Å². The lowest BCUT2D eigenvalue weighted by molar-refractivity contribution is 0.0975. The molecule has 1 aliphatic rings. The monoisotopic (exact) mass is 279 g/mol. The number of para-hydroxylation sites is 1. The number of carbonyl (C=O) groups is 1. The third-order valence-electron chi connectivity index (χ3n) is 4.16. The number of rotatable bonds is 5. The van der Waals surface area contributed by atoms with E-state index in [-0.39, 0.29) is 5.78 Å². The first-order chi connectivity index (χ1) is 10.3. The third-order valence-corrected chi connectivity index (χ3v) is 4.16. The number of benzene rings is 2. The molecule has 0 saturated carbocycles. The van der Waals surface area contributed by atoms with E-state index in [1.807, 2.05) is 24.3 Å². The number of anilines is 1. The second kappa shape index (κ2) is 6.13. The number of hydrogen-bond donors (Lipinski definition) is 1. The van der Waals surface area contributed by atoms with Crippen molar-refractivity contribution < 1.29 is 4.79 Å². The van der Waals surface area contributed by atoms with Crippen LogP contribution >= 0.6 is 0 Å². The Hall–Kier alpha value is -2.09. The van der Waals surface area contributed by atoms with Gasteiger partial charge in [-0.1, -0.05) is 49.7 Å². The second-order valence-corrected chi connectivity index (χ2v) is 5.74. The zero-order chi connectivity index (χ0) is 14.7. The van der Waals surface area contributed by atoms with Gasteiger partial charge in [-0.05, 0) is 29.7 Å². The van der Waals surface area contributed by atoms with Crippen molar-refractivity contribution in [1.82, 2.24) is 0 Å². The van der Waals surface area contributed by atoms with Gasteiger partial charge >= 0.3 is 0 Å². The molecule has 108 valence electrons. The van der Waals surface area contributed by atoms with E-state index < -0.39 is 0 Å². The van der Waals surface area contributed by atoms with E-state index in [1.54, 1.807) is 0 Å². The highest BCUT2D eigenvalue weighted by atomic mass is 16.1. The van der Waals surface area contributed by atoms with Crippen molar-refractivity contribution in [1.29, 1.82) is 0 Å². The van der Waals surface area contributed by atoms with Crippen molar-refractivity contribution in [3.05, 3.63) is 65.2 Å². The molecule has 0 bridgehead atoms. The number of nitrogens with one attached hydrogen (secondary N) is 1. The van der Waals surface area contributed by atoms with Crippen molar-refractivity contribution in [3.8, 4) is 0 Å². The summed E-state index contributed by atoms with van der Waals surface area (Å²) in [5.74, 6) is 0.542. The van der Waals surface area contributed by atoms with Gasteiger partial charge in [0.05, 0.1) is 0 Å². The molecule has 0 saturated heterocycles. The zero-order valence-electron chi connectivity index (χ0n) is 12.4. The lowest BCUT2D eigenvalue weighted by Gasteiger charge is -2.10. The molecule has 1 aliphatic heterocycles. The summed E-state index contributed by atoms with van der Waals surface area (Å²) in [5.41, 5.74) is 4.56. The number of Topliss-reactive ketones (excluding diaryl/α,β-unsaturated/α-hetero) is 1. The lowest BCUT2D eigenvalue weighted by atomic mass is 9.92. The van der Waals surface area contributed by atoms with Gasteiger partial charge in [0.25, 0.3) is 0 Å². The van der Waals surface area contributed by atoms with Crippen LogP contribution in [-0.4, -0.2) is 12.3 Å². The number of ketones is 1. The molecule has 0 fully saturated rings. The lowest BCUT2D eigenvalue weighted by Crippen LogP contribution is -2.09. The first-order valence-electron chi connectivity index (χ1n) is 7.73. The molecule has 0 radical (unpaired) electrons. The molecule has 2 nitrogen and oxygen atoms in total. The van der Waals surface area contributed by atoms with Crippen molar-refractivity contribution in [2.24, 2.45) is 0 Å². The maximum Gasteiger partial charge on any atom is 0.163 e. The summed E-state index contributed by atoms with van der Waals surface area (Å²) in [6.45, 7) is 3.02. The molecule has 0 spiro atoms. The summed E-state index contributed by atoms with van der Waals surface area (Å²) < 4.78 is 0. The Bertz CT molecular complexity index is 648. The van der Waals surface area contributed by atoms with Crippen molar-refractivity contribution >= 4 is 11.5 Å². The Morgan fingerprint density at radius 1 is 1.19 bits per heavy atom. The van der Waals surface area contributed by atoms with Gasteiger partial charge < -0.3 is 5.32 Å². The van der Waals surface area contributed by atoms with Gasteiger partial charge in [0.15, 0.2) is 5.78 Å². The molecule has 21 heavy (non-hydrogen) atoms. The molecule has 0 aliphatic carbocycles. The van der Waals surface area contributed by atoms with Gasteiger partial charge in [-0.25, -0.2) is 0 Å². The molecular formula is C19H21NO. The van der Waals surface area contributed by atoms with E-state index >= 15 is 0 Å². The summed E-state index contributed by atoms with van der Waals surface area (Å²) >= 11 is 0. The van der Waals surface area contributed by atoms with Crippen LogP contribution < -0.4 is 5.32 Å². The minimum absolute atomic E-state index is 0.247. The van der Waals surface area contributed by atoms with Crippen LogP contribution in [-0.2, 0) is 6.42 Å². The molecule has 1 unspecified atom stereocenters. The summed E-state index contributed by atoms with van der Waals surface area (Å²) in [6.07, 6.45) is 2.73. The SMILES string of the molecule is CCCc1cccc(C(=O)CC2CNc3ccccc32)c1. The first-order valence-corrected chi connectivity index (χ1v) is 7.73. The standard InChI is InChI=1S/C19H21NO/c1-2-6-14-7-5-8-15(11-14)19(21)12-16-13-20-18-10-4-3-9-17(16)18/h3-5,7-11,16,20H,2,6,12-13H2,1H3. The van der Waals surface area contributed by atoms with Gasteiger partial charge in [0.2, 0.25) is 0 Å². The summed E-state index contributed by atoms with van der Waals surface area (Å²) in [5, 5.41) is 3.39. The van der Waals surface area contributed by atoms with Crippen LogP contribution in [0.3, 0.4) is 0 Å². The molecular weight excluding hydrogens is 258 g/mol. The first kappa shape index (κ1) is 13.9. The van der Waals surface area contributed by atoms with E-state index in [0.29, 0.717) is 12.3 Å². The van der Waals surface area contributed by atoms with Crippen LogP contribution in [0.15, 0.2) is 48.5 Å². The van der Waals surface area contributed by atoms with Crippen molar-refractivity contribution in [2.75, 3.05) is 11.9 Å². The zero-order valence-corrected chi connectivity index (χ0v) is 12.4. The van der Waals surface area contributed by atoms with Gasteiger partial charge in [-0.3, -0.25) is 4.79 Å². The largest absolute Gasteiger partial charge is 0.384 e.